The quantitative estimate of drug-likeness (QED) is 0.331. The molecule has 0 amide bonds. The fraction of sp³-hybridized carbons (Fsp3) is 0.259. The number of anilines is 2. The van der Waals surface area contributed by atoms with E-state index in [0.29, 0.717) is 0 Å². The van der Waals surface area contributed by atoms with Gasteiger partial charge in [-0.3, -0.25) is 0 Å². The van der Waals surface area contributed by atoms with Crippen LogP contribution in [0.15, 0.2) is 77.7 Å². The number of piperidine rings is 1. The Kier molecular flexibility index (Phi) is 6.41. The minimum atomic E-state index is -4.67. The highest BCUT2D eigenvalue weighted by atomic mass is 32.2. The van der Waals surface area contributed by atoms with Crippen LogP contribution in [-0.4, -0.2) is 30.6 Å². The first-order chi connectivity index (χ1) is 17.6. The summed E-state index contributed by atoms with van der Waals surface area (Å²) in [5.74, 6) is 0. The molecule has 1 saturated heterocycles. The van der Waals surface area contributed by atoms with Crippen molar-refractivity contribution in [3.8, 4) is 0 Å². The molecule has 1 aromatic heterocycles. The van der Waals surface area contributed by atoms with Gasteiger partial charge in [0, 0.05) is 35.4 Å². The first kappa shape index (κ1) is 25.2. The van der Waals surface area contributed by atoms with Crippen LogP contribution in [0.3, 0.4) is 0 Å². The van der Waals surface area contributed by atoms with Crippen molar-refractivity contribution in [2.75, 3.05) is 23.7 Å². The summed E-state index contributed by atoms with van der Waals surface area (Å²) in [5.41, 5.74) is 6.32. The van der Waals surface area contributed by atoms with Crippen molar-refractivity contribution in [2.45, 2.75) is 36.4 Å². The topological polar surface area (TPSA) is 88.6 Å². The molecule has 0 aliphatic carbocycles. The third-order valence-electron chi connectivity index (χ3n) is 6.76. The molecule has 0 radical (unpaired) electrons. The van der Waals surface area contributed by atoms with E-state index in [1.54, 1.807) is 18.2 Å². The van der Waals surface area contributed by atoms with Crippen LogP contribution in [0.25, 0.3) is 10.9 Å². The van der Waals surface area contributed by atoms with Gasteiger partial charge in [-0.05, 0) is 67.8 Å². The Morgan fingerprint density at radius 1 is 0.892 bits per heavy atom. The summed E-state index contributed by atoms with van der Waals surface area (Å²) in [6.45, 7) is 1.70. The van der Waals surface area contributed by atoms with E-state index in [1.807, 2.05) is 6.07 Å². The summed E-state index contributed by atoms with van der Waals surface area (Å²) in [6.07, 6.45) is -2.98. The summed E-state index contributed by atoms with van der Waals surface area (Å²) in [6, 6.07) is 16.9. The van der Waals surface area contributed by atoms with Crippen molar-refractivity contribution in [3.63, 3.8) is 0 Å². The van der Waals surface area contributed by atoms with Crippen LogP contribution >= 0.6 is 0 Å². The first-order valence-corrected chi connectivity index (χ1v) is 13.4. The molecule has 1 atom stereocenters. The highest BCUT2D eigenvalue weighted by Crippen LogP contribution is 2.38. The van der Waals surface area contributed by atoms with Crippen molar-refractivity contribution >= 4 is 32.3 Å². The number of alkyl halides is 3. The molecule has 0 saturated carbocycles. The molecule has 2 heterocycles. The number of fused-ring (bicyclic) bond motifs is 1. The molecule has 6 nitrogen and oxygen atoms in total. The lowest BCUT2D eigenvalue weighted by atomic mass is 10.0. The zero-order valence-electron chi connectivity index (χ0n) is 19.8. The second kappa shape index (κ2) is 9.42. The summed E-state index contributed by atoms with van der Waals surface area (Å²) in [5, 5.41) is 11.8. The van der Waals surface area contributed by atoms with Crippen molar-refractivity contribution < 1.29 is 26.7 Å². The third-order valence-corrected chi connectivity index (χ3v) is 8.52. The average Bonchev–Trinajstić information content (AvgIpc) is 3.29. The molecule has 194 valence electrons. The highest BCUT2D eigenvalue weighted by molar-refractivity contribution is 7.90. The molecular formula is C27H26F3N3O3S. The number of aliphatic hydroxyl groups is 1. The molecule has 1 aliphatic heterocycles. The maximum absolute atomic E-state index is 13.8. The Morgan fingerprint density at radius 2 is 1.59 bits per heavy atom. The molecule has 3 aromatic carbocycles. The second-order valence-electron chi connectivity index (χ2n) is 9.19. The van der Waals surface area contributed by atoms with Gasteiger partial charge in [-0.15, -0.1) is 0 Å². The minimum Gasteiger partial charge on any atom is -0.398 e. The third kappa shape index (κ3) is 4.67. The molecular weight excluding hydrogens is 503 g/mol. The number of aliphatic hydroxyl groups excluding tert-OH is 1. The van der Waals surface area contributed by atoms with Crippen molar-refractivity contribution in [2.24, 2.45) is 0 Å². The van der Waals surface area contributed by atoms with Crippen LogP contribution in [0.5, 0.6) is 0 Å². The van der Waals surface area contributed by atoms with Gasteiger partial charge in [-0.2, -0.15) is 13.2 Å². The lowest BCUT2D eigenvalue weighted by Crippen LogP contribution is -2.29. The normalized spacial score (nSPS) is 15.7. The van der Waals surface area contributed by atoms with Gasteiger partial charge in [0.15, 0.2) is 0 Å². The predicted molar refractivity (Wildman–Crippen MR) is 137 cm³/mol. The summed E-state index contributed by atoms with van der Waals surface area (Å²) >= 11 is 0. The van der Waals surface area contributed by atoms with E-state index in [4.69, 9.17) is 5.73 Å². The molecule has 1 aliphatic rings. The summed E-state index contributed by atoms with van der Waals surface area (Å²) in [7, 11) is -4.37. The number of hydrogen-bond donors (Lipinski definition) is 2. The molecule has 10 heteroatoms. The number of halogens is 3. The smallest absolute Gasteiger partial charge is 0.398 e. The average molecular weight is 530 g/mol. The van der Waals surface area contributed by atoms with Gasteiger partial charge in [0.1, 0.15) is 6.10 Å². The highest BCUT2D eigenvalue weighted by Gasteiger charge is 2.33. The Hall–Kier alpha value is -3.50. The van der Waals surface area contributed by atoms with E-state index in [1.165, 1.54) is 36.4 Å². The second-order valence-corrected chi connectivity index (χ2v) is 11.0. The maximum atomic E-state index is 13.8. The molecule has 37 heavy (non-hydrogen) atoms. The van der Waals surface area contributed by atoms with Crippen molar-refractivity contribution in [1.29, 1.82) is 0 Å². The molecule has 0 spiro atoms. The summed E-state index contributed by atoms with van der Waals surface area (Å²) < 4.78 is 68.9. The minimum absolute atomic E-state index is 0.0966. The van der Waals surface area contributed by atoms with E-state index >= 15 is 0 Å². The van der Waals surface area contributed by atoms with E-state index in [-0.39, 0.29) is 32.7 Å². The maximum Gasteiger partial charge on any atom is 0.416 e. The van der Waals surface area contributed by atoms with Crippen LogP contribution in [0.2, 0.25) is 0 Å². The van der Waals surface area contributed by atoms with Gasteiger partial charge in [0.2, 0.25) is 0 Å². The lowest BCUT2D eigenvalue weighted by Gasteiger charge is -2.30. The Morgan fingerprint density at radius 3 is 2.27 bits per heavy atom. The van der Waals surface area contributed by atoms with Gasteiger partial charge < -0.3 is 15.7 Å². The fourth-order valence-electron chi connectivity index (χ4n) is 4.84. The number of hydrogen-bond acceptors (Lipinski definition) is 5. The van der Waals surface area contributed by atoms with Crippen LogP contribution in [0.1, 0.15) is 42.2 Å². The van der Waals surface area contributed by atoms with E-state index < -0.39 is 27.9 Å². The van der Waals surface area contributed by atoms with Gasteiger partial charge >= 0.3 is 6.18 Å². The number of nitrogens with zero attached hydrogens (tertiary/aromatic N) is 2. The standard InChI is InChI=1S/C27H26F3N3O3S/c28-27(29,30)19-10-9-18-15-25(33(24(18)16-19)37(35,36)21-7-3-1-4-8-21)26(34)22-17-20(11-12-23(22)31)32-13-5-2-6-14-32/h1,3-4,7-12,15-17,26,34H,2,5-6,13-14,31H2. The van der Waals surface area contributed by atoms with Crippen LogP contribution in [-0.2, 0) is 16.2 Å². The largest absolute Gasteiger partial charge is 0.416 e. The SMILES string of the molecule is Nc1ccc(N2CCCCC2)cc1C(O)c1cc2ccc(C(F)(F)F)cc2n1S(=O)(=O)c1ccccc1. The van der Waals surface area contributed by atoms with E-state index in [9.17, 15) is 26.7 Å². The Bertz CT molecular complexity index is 1540. The van der Waals surface area contributed by atoms with Crippen LogP contribution in [0, 0.1) is 0 Å². The van der Waals surface area contributed by atoms with Gasteiger partial charge in [0.05, 0.1) is 21.7 Å². The van der Waals surface area contributed by atoms with E-state index in [0.717, 1.165) is 54.1 Å². The monoisotopic (exact) mass is 529 g/mol. The number of benzene rings is 3. The van der Waals surface area contributed by atoms with Crippen molar-refractivity contribution in [1.82, 2.24) is 3.97 Å². The molecule has 1 unspecified atom stereocenters. The van der Waals surface area contributed by atoms with Crippen LogP contribution < -0.4 is 10.6 Å². The zero-order valence-corrected chi connectivity index (χ0v) is 20.6. The Balaban J connectivity index is 1.71. The molecule has 1 fully saturated rings. The Labute approximate surface area is 212 Å². The van der Waals surface area contributed by atoms with Crippen LogP contribution in [0.4, 0.5) is 24.5 Å². The van der Waals surface area contributed by atoms with E-state index in [2.05, 4.69) is 4.90 Å². The summed E-state index contributed by atoms with van der Waals surface area (Å²) in [4.78, 5) is 2.05. The van der Waals surface area contributed by atoms with Gasteiger partial charge in [-0.25, -0.2) is 12.4 Å². The van der Waals surface area contributed by atoms with Crippen molar-refractivity contribution in [3.05, 3.63) is 89.6 Å². The number of aromatic nitrogens is 1. The number of nitrogens with two attached hydrogens (primary N) is 1. The number of rotatable bonds is 5. The molecule has 0 bridgehead atoms. The predicted octanol–water partition coefficient (Wildman–Crippen LogP) is 5.55. The molecule has 3 N–H and O–H groups in total. The molecule has 4 aromatic rings. The zero-order chi connectivity index (χ0) is 26.4. The number of nitrogen functional groups attached to an aromatic ring is 1. The van der Waals surface area contributed by atoms with Gasteiger partial charge in [-0.1, -0.05) is 24.3 Å². The fourth-order valence-corrected chi connectivity index (χ4v) is 6.40. The first-order valence-electron chi connectivity index (χ1n) is 11.9. The lowest BCUT2D eigenvalue weighted by molar-refractivity contribution is -0.137. The molecule has 5 rings (SSSR count). The van der Waals surface area contributed by atoms with Gasteiger partial charge in [0.25, 0.3) is 10.0 Å².